The lowest BCUT2D eigenvalue weighted by atomic mass is 10.1. The number of para-hydroxylation sites is 1. The SMILES string of the molecule is Cc1ccc2c(c1)N(C(=O)CCC(=O)Nc1ccccc1Cl)CC(C)O2. The van der Waals surface area contributed by atoms with E-state index in [1.807, 2.05) is 32.0 Å². The number of carbonyl (C=O) groups excluding carboxylic acids is 2. The van der Waals surface area contributed by atoms with Crippen LogP contribution in [0.25, 0.3) is 0 Å². The number of hydrogen-bond acceptors (Lipinski definition) is 3. The van der Waals surface area contributed by atoms with Crippen molar-refractivity contribution in [1.29, 1.82) is 0 Å². The van der Waals surface area contributed by atoms with Crippen molar-refractivity contribution in [2.45, 2.75) is 32.8 Å². The number of carbonyl (C=O) groups is 2. The maximum absolute atomic E-state index is 12.7. The van der Waals surface area contributed by atoms with Crippen molar-refractivity contribution in [2.75, 3.05) is 16.8 Å². The van der Waals surface area contributed by atoms with Crippen LogP contribution >= 0.6 is 11.6 Å². The molecule has 0 spiro atoms. The number of halogens is 1. The Morgan fingerprint density at radius 1 is 1.23 bits per heavy atom. The third-order valence-corrected chi connectivity index (χ3v) is 4.52. The first kappa shape index (κ1) is 18.3. The third-order valence-electron chi connectivity index (χ3n) is 4.19. The Balaban J connectivity index is 1.64. The molecule has 136 valence electrons. The van der Waals surface area contributed by atoms with Crippen LogP contribution in [0.5, 0.6) is 5.75 Å². The zero-order valence-corrected chi connectivity index (χ0v) is 15.5. The molecule has 1 atom stereocenters. The highest BCUT2D eigenvalue weighted by molar-refractivity contribution is 6.33. The highest BCUT2D eigenvalue weighted by atomic mass is 35.5. The quantitative estimate of drug-likeness (QED) is 0.875. The molecule has 0 aliphatic carbocycles. The third kappa shape index (κ3) is 4.17. The van der Waals surface area contributed by atoms with Crippen molar-refractivity contribution < 1.29 is 14.3 Å². The van der Waals surface area contributed by atoms with Crippen molar-refractivity contribution >= 4 is 34.8 Å². The summed E-state index contributed by atoms with van der Waals surface area (Å²) >= 11 is 6.04. The second-order valence-electron chi connectivity index (χ2n) is 6.43. The molecular formula is C20H21ClN2O3. The van der Waals surface area contributed by atoms with E-state index in [-0.39, 0.29) is 30.8 Å². The average molecular weight is 373 g/mol. The van der Waals surface area contributed by atoms with E-state index < -0.39 is 0 Å². The van der Waals surface area contributed by atoms with Crippen molar-refractivity contribution in [3.05, 3.63) is 53.1 Å². The van der Waals surface area contributed by atoms with Gasteiger partial charge in [0.05, 0.1) is 22.9 Å². The molecule has 0 saturated heterocycles. The van der Waals surface area contributed by atoms with Gasteiger partial charge in [-0.3, -0.25) is 9.59 Å². The van der Waals surface area contributed by atoms with E-state index >= 15 is 0 Å². The summed E-state index contributed by atoms with van der Waals surface area (Å²) in [5.74, 6) is 0.363. The number of amides is 2. The summed E-state index contributed by atoms with van der Waals surface area (Å²) in [4.78, 5) is 26.6. The number of anilines is 2. The van der Waals surface area contributed by atoms with Gasteiger partial charge in [0, 0.05) is 12.8 Å². The first-order valence-electron chi connectivity index (χ1n) is 8.56. The van der Waals surface area contributed by atoms with Crippen LogP contribution in [-0.4, -0.2) is 24.5 Å². The number of ether oxygens (including phenoxy) is 1. The molecule has 3 rings (SSSR count). The van der Waals surface area contributed by atoms with Crippen LogP contribution in [0, 0.1) is 6.92 Å². The molecule has 1 aliphatic rings. The average Bonchev–Trinajstić information content (AvgIpc) is 2.61. The largest absolute Gasteiger partial charge is 0.487 e. The van der Waals surface area contributed by atoms with Crippen LogP contribution in [0.2, 0.25) is 5.02 Å². The fourth-order valence-electron chi connectivity index (χ4n) is 2.91. The van der Waals surface area contributed by atoms with Crippen LogP contribution in [-0.2, 0) is 9.59 Å². The lowest BCUT2D eigenvalue weighted by Gasteiger charge is -2.33. The highest BCUT2D eigenvalue weighted by Gasteiger charge is 2.27. The first-order valence-corrected chi connectivity index (χ1v) is 8.94. The molecule has 1 N–H and O–H groups in total. The topological polar surface area (TPSA) is 58.6 Å². The minimum atomic E-state index is -0.239. The summed E-state index contributed by atoms with van der Waals surface area (Å²) in [6, 6.07) is 12.8. The monoisotopic (exact) mass is 372 g/mol. The number of hydrogen-bond donors (Lipinski definition) is 1. The molecule has 0 radical (unpaired) electrons. The molecule has 1 aliphatic heterocycles. The standard InChI is InChI=1S/C20H21ClN2O3/c1-13-7-8-18-17(11-13)23(12-14(2)26-18)20(25)10-9-19(24)22-16-6-4-3-5-15(16)21/h3-8,11,14H,9-10,12H2,1-2H3,(H,22,24). The zero-order chi connectivity index (χ0) is 18.7. The van der Waals surface area contributed by atoms with Gasteiger partial charge in [-0.25, -0.2) is 0 Å². The zero-order valence-electron chi connectivity index (χ0n) is 14.8. The van der Waals surface area contributed by atoms with Gasteiger partial charge in [-0.2, -0.15) is 0 Å². The van der Waals surface area contributed by atoms with Crippen LogP contribution in [0.4, 0.5) is 11.4 Å². The van der Waals surface area contributed by atoms with Gasteiger partial charge < -0.3 is 15.0 Å². The number of nitrogens with one attached hydrogen (secondary N) is 1. The molecule has 0 fully saturated rings. The Morgan fingerprint density at radius 3 is 2.77 bits per heavy atom. The van der Waals surface area contributed by atoms with Crippen molar-refractivity contribution in [3.63, 3.8) is 0 Å². The van der Waals surface area contributed by atoms with Gasteiger partial charge in [-0.05, 0) is 43.7 Å². The van der Waals surface area contributed by atoms with E-state index in [9.17, 15) is 9.59 Å². The Labute approximate surface area is 157 Å². The summed E-state index contributed by atoms with van der Waals surface area (Å²) in [5, 5.41) is 3.21. The van der Waals surface area contributed by atoms with E-state index in [2.05, 4.69) is 5.32 Å². The van der Waals surface area contributed by atoms with Gasteiger partial charge in [0.2, 0.25) is 11.8 Å². The van der Waals surface area contributed by atoms with E-state index in [4.69, 9.17) is 16.3 Å². The second kappa shape index (κ2) is 7.79. The molecule has 6 heteroatoms. The molecule has 2 aromatic rings. The summed E-state index contributed by atoms with van der Waals surface area (Å²) in [7, 11) is 0. The van der Waals surface area contributed by atoms with E-state index in [1.54, 1.807) is 29.2 Å². The van der Waals surface area contributed by atoms with Crippen LogP contribution in [0.3, 0.4) is 0 Å². The molecule has 2 aromatic carbocycles. The van der Waals surface area contributed by atoms with Gasteiger partial charge in [0.25, 0.3) is 0 Å². The molecular weight excluding hydrogens is 352 g/mol. The summed E-state index contributed by atoms with van der Waals surface area (Å²) in [6.07, 6.45) is 0.124. The molecule has 0 aromatic heterocycles. The van der Waals surface area contributed by atoms with Crippen molar-refractivity contribution in [3.8, 4) is 5.75 Å². The Hall–Kier alpha value is -2.53. The number of fused-ring (bicyclic) bond motifs is 1. The molecule has 1 unspecified atom stereocenters. The normalized spacial score (nSPS) is 15.8. The molecule has 1 heterocycles. The molecule has 26 heavy (non-hydrogen) atoms. The lowest BCUT2D eigenvalue weighted by Crippen LogP contribution is -2.42. The lowest BCUT2D eigenvalue weighted by molar-refractivity contribution is -0.122. The van der Waals surface area contributed by atoms with E-state index in [0.717, 1.165) is 11.3 Å². The number of aryl methyl sites for hydroxylation is 1. The number of nitrogens with zero attached hydrogens (tertiary/aromatic N) is 1. The van der Waals surface area contributed by atoms with E-state index in [1.165, 1.54) is 0 Å². The van der Waals surface area contributed by atoms with Crippen LogP contribution < -0.4 is 15.0 Å². The minimum absolute atomic E-state index is 0.0916. The van der Waals surface area contributed by atoms with Gasteiger partial charge in [0.15, 0.2) is 0 Å². The predicted octanol–water partition coefficient (Wildman–Crippen LogP) is 4.18. The van der Waals surface area contributed by atoms with Gasteiger partial charge in [-0.15, -0.1) is 0 Å². The first-order chi connectivity index (χ1) is 12.4. The minimum Gasteiger partial charge on any atom is -0.487 e. The highest BCUT2D eigenvalue weighted by Crippen LogP contribution is 2.34. The summed E-state index contributed by atoms with van der Waals surface area (Å²) < 4.78 is 5.80. The fourth-order valence-corrected chi connectivity index (χ4v) is 3.10. The molecule has 0 bridgehead atoms. The van der Waals surface area contributed by atoms with Crippen molar-refractivity contribution in [1.82, 2.24) is 0 Å². The van der Waals surface area contributed by atoms with Crippen molar-refractivity contribution in [2.24, 2.45) is 0 Å². The number of benzene rings is 2. The smallest absolute Gasteiger partial charge is 0.227 e. The van der Waals surface area contributed by atoms with Gasteiger partial charge >= 0.3 is 0 Å². The maximum atomic E-state index is 12.7. The molecule has 2 amide bonds. The summed E-state index contributed by atoms with van der Waals surface area (Å²) in [5.41, 5.74) is 2.36. The van der Waals surface area contributed by atoms with Gasteiger partial charge in [-0.1, -0.05) is 29.8 Å². The van der Waals surface area contributed by atoms with Crippen LogP contribution in [0.1, 0.15) is 25.3 Å². The Bertz CT molecular complexity index is 838. The molecule has 5 nitrogen and oxygen atoms in total. The van der Waals surface area contributed by atoms with E-state index in [0.29, 0.717) is 23.0 Å². The number of rotatable bonds is 4. The van der Waals surface area contributed by atoms with Gasteiger partial charge in [0.1, 0.15) is 11.9 Å². The Kier molecular flexibility index (Phi) is 5.47. The van der Waals surface area contributed by atoms with Crippen LogP contribution in [0.15, 0.2) is 42.5 Å². The fraction of sp³-hybridized carbons (Fsp3) is 0.300. The molecule has 0 saturated carbocycles. The Morgan fingerprint density at radius 2 is 2.00 bits per heavy atom. The summed E-state index contributed by atoms with van der Waals surface area (Å²) in [6.45, 7) is 4.37. The maximum Gasteiger partial charge on any atom is 0.227 e. The second-order valence-corrected chi connectivity index (χ2v) is 6.84. The predicted molar refractivity (Wildman–Crippen MR) is 103 cm³/mol.